The molecule has 7 aromatic heterocycles. The summed E-state index contributed by atoms with van der Waals surface area (Å²) in [7, 11) is 0. The Labute approximate surface area is 239 Å². The lowest BCUT2D eigenvalue weighted by atomic mass is 10.1. The molecule has 5 nitrogen and oxygen atoms in total. The van der Waals surface area contributed by atoms with Gasteiger partial charge in [0.1, 0.15) is 32.7 Å². The number of fused-ring (bicyclic) bond motifs is 12. The number of thiophene rings is 2. The van der Waals surface area contributed by atoms with E-state index in [-0.39, 0.29) is 0 Å². The second-order valence-electron chi connectivity index (χ2n) is 9.57. The van der Waals surface area contributed by atoms with Gasteiger partial charge in [-0.2, -0.15) is 0 Å². The van der Waals surface area contributed by atoms with E-state index < -0.39 is 0 Å². The molecule has 0 N–H and O–H groups in total. The van der Waals surface area contributed by atoms with Crippen LogP contribution in [0.15, 0.2) is 90.0 Å². The van der Waals surface area contributed by atoms with Crippen molar-refractivity contribution in [1.29, 1.82) is 0 Å². The number of aromatic nitrogens is 5. The van der Waals surface area contributed by atoms with E-state index in [1.165, 1.54) is 42.9 Å². The van der Waals surface area contributed by atoms with Crippen molar-refractivity contribution in [2.24, 2.45) is 0 Å². The highest BCUT2D eigenvalue weighted by atomic mass is 32.1. The second kappa shape index (κ2) is 9.70. The normalized spacial score (nSPS) is 11.5. The van der Waals surface area contributed by atoms with Crippen LogP contribution in [0.5, 0.6) is 0 Å². The van der Waals surface area contributed by atoms with Gasteiger partial charge >= 0.3 is 0 Å². The molecule has 2 aromatic carbocycles. The van der Waals surface area contributed by atoms with Crippen LogP contribution in [-0.4, -0.2) is 23.8 Å². The van der Waals surface area contributed by atoms with Gasteiger partial charge in [-0.1, -0.05) is 62.4 Å². The molecule has 40 heavy (non-hydrogen) atoms. The van der Waals surface area contributed by atoms with Gasteiger partial charge in [-0.05, 0) is 47.9 Å². The highest BCUT2D eigenvalue weighted by Crippen LogP contribution is 2.35. The van der Waals surface area contributed by atoms with E-state index >= 15 is 0 Å². The SMILES string of the molecule is CC.Cc1cn2c(nc3sc4cccnc4c32)c2ccccc12.Cc1cn2c3cscc3nc2c2ccccc12. The number of nitrogens with zero attached hydrogens (tertiary/aromatic N) is 5. The van der Waals surface area contributed by atoms with Gasteiger partial charge in [0.2, 0.25) is 0 Å². The molecule has 7 heteroatoms. The Hall–Kier alpha value is -4.33. The summed E-state index contributed by atoms with van der Waals surface area (Å²) in [5.41, 5.74) is 9.09. The minimum Gasteiger partial charge on any atom is -0.298 e. The standard InChI is InChI=1S/C17H11N3S.C14H10N2S.C2H6/c1-10-9-20-15-14-13(7-4-8-18-14)21-17(15)19-16(20)12-6-3-2-5-11(10)12;1-9-6-16-13-8-17-7-12(13)15-14(16)11-5-3-2-4-10(9)11;1-2/h2-9H,1H3;2-8H,1H3;1-2H3. The number of imidazole rings is 2. The summed E-state index contributed by atoms with van der Waals surface area (Å²) in [6.45, 7) is 8.30. The van der Waals surface area contributed by atoms with E-state index in [0.29, 0.717) is 0 Å². The smallest absolute Gasteiger partial charge is 0.146 e. The van der Waals surface area contributed by atoms with Crippen LogP contribution in [-0.2, 0) is 0 Å². The van der Waals surface area contributed by atoms with Crippen LogP contribution in [0.2, 0.25) is 0 Å². The average molecular weight is 558 g/mol. The zero-order valence-electron chi connectivity index (χ0n) is 22.7. The summed E-state index contributed by atoms with van der Waals surface area (Å²) >= 11 is 3.41. The molecule has 0 fully saturated rings. The van der Waals surface area contributed by atoms with Crippen LogP contribution < -0.4 is 0 Å². The first-order valence-corrected chi connectivity index (χ1v) is 15.2. The number of hydrogen-bond acceptors (Lipinski definition) is 5. The molecule has 0 saturated heterocycles. The summed E-state index contributed by atoms with van der Waals surface area (Å²) < 4.78 is 5.58. The molecule has 9 rings (SSSR count). The maximum atomic E-state index is 4.86. The fraction of sp³-hybridized carbons (Fsp3) is 0.121. The van der Waals surface area contributed by atoms with E-state index in [1.54, 1.807) is 22.7 Å². The maximum Gasteiger partial charge on any atom is 0.146 e. The Balaban J connectivity index is 0.000000127. The number of aryl methyl sites for hydroxylation is 2. The highest BCUT2D eigenvalue weighted by molar-refractivity contribution is 7.25. The fourth-order valence-corrected chi connectivity index (χ4v) is 7.25. The molecular formula is C33H27N5S2. The lowest BCUT2D eigenvalue weighted by Crippen LogP contribution is -1.90. The lowest BCUT2D eigenvalue weighted by Gasteiger charge is -2.05. The van der Waals surface area contributed by atoms with Crippen molar-refractivity contribution in [3.05, 3.63) is 101 Å². The molecule has 0 aliphatic rings. The van der Waals surface area contributed by atoms with Crippen molar-refractivity contribution >= 4 is 87.1 Å². The molecule has 196 valence electrons. The molecule has 0 bridgehead atoms. The van der Waals surface area contributed by atoms with Gasteiger partial charge < -0.3 is 0 Å². The van der Waals surface area contributed by atoms with Crippen molar-refractivity contribution < 1.29 is 0 Å². The third-order valence-corrected chi connectivity index (χ3v) is 8.99. The summed E-state index contributed by atoms with van der Waals surface area (Å²) in [5, 5.41) is 9.24. The topological polar surface area (TPSA) is 47.5 Å². The Bertz CT molecular complexity index is 2330. The molecule has 0 spiro atoms. The first-order chi connectivity index (χ1) is 19.7. The van der Waals surface area contributed by atoms with E-state index in [0.717, 1.165) is 32.7 Å². The number of pyridine rings is 3. The lowest BCUT2D eigenvalue weighted by molar-refractivity contribution is 1.21. The van der Waals surface area contributed by atoms with Crippen molar-refractivity contribution in [3.63, 3.8) is 0 Å². The summed E-state index contributed by atoms with van der Waals surface area (Å²) in [5.74, 6) is 0. The predicted octanol–water partition coefficient (Wildman–Crippen LogP) is 9.60. The van der Waals surface area contributed by atoms with Crippen LogP contribution in [0.3, 0.4) is 0 Å². The molecular weight excluding hydrogens is 531 g/mol. The van der Waals surface area contributed by atoms with Gasteiger partial charge in [0.15, 0.2) is 0 Å². The van der Waals surface area contributed by atoms with E-state index in [9.17, 15) is 0 Å². The minimum atomic E-state index is 1.02. The molecule has 0 saturated carbocycles. The first kappa shape index (κ1) is 24.7. The largest absolute Gasteiger partial charge is 0.298 e. The Kier molecular flexibility index (Phi) is 5.99. The fourth-order valence-electron chi connectivity index (χ4n) is 5.49. The van der Waals surface area contributed by atoms with Crippen LogP contribution in [0, 0.1) is 13.8 Å². The Morgan fingerprint density at radius 2 is 1.30 bits per heavy atom. The highest BCUT2D eigenvalue weighted by Gasteiger charge is 2.15. The van der Waals surface area contributed by atoms with Gasteiger partial charge in [0.05, 0.1) is 10.2 Å². The zero-order valence-corrected chi connectivity index (χ0v) is 24.3. The first-order valence-electron chi connectivity index (χ1n) is 13.4. The summed E-state index contributed by atoms with van der Waals surface area (Å²) in [6, 6.07) is 21.0. The van der Waals surface area contributed by atoms with Crippen molar-refractivity contribution in [1.82, 2.24) is 23.8 Å². The van der Waals surface area contributed by atoms with Crippen LogP contribution in [0.25, 0.3) is 64.4 Å². The van der Waals surface area contributed by atoms with Crippen molar-refractivity contribution in [2.75, 3.05) is 0 Å². The van der Waals surface area contributed by atoms with Crippen molar-refractivity contribution in [3.8, 4) is 0 Å². The zero-order chi connectivity index (χ0) is 27.4. The molecule has 7 heterocycles. The predicted molar refractivity (Wildman–Crippen MR) is 172 cm³/mol. The van der Waals surface area contributed by atoms with E-state index in [4.69, 9.17) is 9.97 Å². The van der Waals surface area contributed by atoms with Crippen molar-refractivity contribution in [2.45, 2.75) is 27.7 Å². The summed E-state index contributed by atoms with van der Waals surface area (Å²) in [4.78, 5) is 15.2. The molecule has 0 aliphatic carbocycles. The minimum absolute atomic E-state index is 1.02. The van der Waals surface area contributed by atoms with Gasteiger partial charge in [-0.25, -0.2) is 9.97 Å². The molecule has 0 atom stereocenters. The Morgan fingerprint density at radius 1 is 0.675 bits per heavy atom. The number of rotatable bonds is 0. The average Bonchev–Trinajstić information content (AvgIpc) is 3.76. The van der Waals surface area contributed by atoms with E-state index in [2.05, 4.69) is 105 Å². The number of benzene rings is 2. The molecule has 0 amide bonds. The Morgan fingerprint density at radius 3 is 2.00 bits per heavy atom. The van der Waals surface area contributed by atoms with Crippen LogP contribution in [0.1, 0.15) is 25.0 Å². The molecule has 9 aromatic rings. The quantitative estimate of drug-likeness (QED) is 0.186. The third kappa shape index (κ3) is 3.69. The van der Waals surface area contributed by atoms with Gasteiger partial charge in [0, 0.05) is 40.1 Å². The van der Waals surface area contributed by atoms with Crippen LogP contribution >= 0.6 is 22.7 Å². The monoisotopic (exact) mass is 557 g/mol. The van der Waals surface area contributed by atoms with Gasteiger partial charge in [0.25, 0.3) is 0 Å². The molecule has 0 aliphatic heterocycles. The third-order valence-electron chi connectivity index (χ3n) is 7.25. The summed E-state index contributed by atoms with van der Waals surface area (Å²) in [6.07, 6.45) is 6.20. The number of hydrogen-bond donors (Lipinski definition) is 0. The van der Waals surface area contributed by atoms with Gasteiger partial charge in [-0.15, -0.1) is 22.7 Å². The van der Waals surface area contributed by atoms with E-state index in [1.807, 2.05) is 26.1 Å². The maximum absolute atomic E-state index is 4.86. The molecule has 0 unspecified atom stereocenters. The van der Waals surface area contributed by atoms with Crippen LogP contribution in [0.4, 0.5) is 0 Å². The second-order valence-corrected chi connectivity index (χ2v) is 11.3. The molecule has 0 radical (unpaired) electrons. The van der Waals surface area contributed by atoms with Gasteiger partial charge in [-0.3, -0.25) is 13.8 Å².